The van der Waals surface area contributed by atoms with Crippen molar-refractivity contribution in [3.63, 3.8) is 0 Å². The van der Waals surface area contributed by atoms with Crippen molar-refractivity contribution in [1.29, 1.82) is 0 Å². The largest absolute Gasteiger partial charge is 0.456 e. The van der Waals surface area contributed by atoms with Crippen molar-refractivity contribution in [2.24, 2.45) is 0 Å². The van der Waals surface area contributed by atoms with Crippen LogP contribution in [0.25, 0.3) is 0 Å². The Bertz CT molecular complexity index is 1100. The Kier molecular flexibility index (Phi) is 5.87. The number of hydrogen-bond acceptors (Lipinski definition) is 4. The summed E-state index contributed by atoms with van der Waals surface area (Å²) >= 11 is 6.07. The maximum Gasteiger partial charge on any atom is 0.257 e. The maximum absolute atomic E-state index is 12.5. The zero-order chi connectivity index (χ0) is 20.1. The summed E-state index contributed by atoms with van der Waals surface area (Å²) in [6, 6.07) is 20.2. The third kappa shape index (κ3) is 5.25. The highest BCUT2D eigenvalue weighted by molar-refractivity contribution is 7.92. The first-order valence-electron chi connectivity index (χ1n) is 8.22. The molecule has 0 spiro atoms. The molecule has 3 aromatic rings. The number of hydrogen-bond donors (Lipinski definition) is 2. The fourth-order valence-electron chi connectivity index (χ4n) is 2.43. The van der Waals surface area contributed by atoms with Crippen LogP contribution in [0.3, 0.4) is 0 Å². The van der Waals surface area contributed by atoms with Crippen molar-refractivity contribution in [3.05, 3.63) is 83.4 Å². The van der Waals surface area contributed by atoms with E-state index in [2.05, 4.69) is 10.0 Å². The highest BCUT2D eigenvalue weighted by Crippen LogP contribution is 2.29. The number of carbonyl (C=O) groups is 1. The molecule has 0 aromatic heterocycles. The molecule has 3 rings (SSSR count). The van der Waals surface area contributed by atoms with Crippen molar-refractivity contribution in [2.45, 2.75) is 0 Å². The predicted octanol–water partition coefficient (Wildman–Crippen LogP) is 4.76. The van der Waals surface area contributed by atoms with Gasteiger partial charge in [-0.3, -0.25) is 9.52 Å². The lowest BCUT2D eigenvalue weighted by Gasteiger charge is -2.12. The average Bonchev–Trinajstić information content (AvgIpc) is 2.64. The lowest BCUT2D eigenvalue weighted by molar-refractivity contribution is 0.102. The second-order valence-electron chi connectivity index (χ2n) is 5.93. The molecule has 144 valence electrons. The molecule has 3 aromatic carbocycles. The van der Waals surface area contributed by atoms with Crippen molar-refractivity contribution in [2.75, 3.05) is 16.3 Å². The number of para-hydroxylation sites is 2. The molecule has 0 unspecified atom stereocenters. The van der Waals surface area contributed by atoms with Gasteiger partial charge in [0.2, 0.25) is 10.0 Å². The van der Waals surface area contributed by atoms with Crippen molar-refractivity contribution in [3.8, 4) is 11.5 Å². The zero-order valence-electron chi connectivity index (χ0n) is 14.8. The molecule has 0 fully saturated rings. The number of anilines is 2. The van der Waals surface area contributed by atoms with E-state index in [0.29, 0.717) is 22.2 Å². The summed E-state index contributed by atoms with van der Waals surface area (Å²) in [7, 11) is -3.50. The minimum Gasteiger partial charge on any atom is -0.456 e. The molecule has 6 nitrogen and oxygen atoms in total. The summed E-state index contributed by atoms with van der Waals surface area (Å²) in [5.74, 6) is 0.651. The lowest BCUT2D eigenvalue weighted by atomic mass is 10.1. The number of sulfonamides is 1. The minimum absolute atomic E-state index is 0.209. The predicted molar refractivity (Wildman–Crippen MR) is 111 cm³/mol. The van der Waals surface area contributed by atoms with Crippen molar-refractivity contribution in [1.82, 2.24) is 0 Å². The second-order valence-corrected chi connectivity index (χ2v) is 8.09. The van der Waals surface area contributed by atoms with E-state index in [0.717, 1.165) is 6.26 Å². The number of ether oxygens (including phenoxy) is 1. The summed E-state index contributed by atoms with van der Waals surface area (Å²) in [6.45, 7) is 0. The van der Waals surface area contributed by atoms with Gasteiger partial charge < -0.3 is 10.1 Å². The van der Waals surface area contributed by atoms with Gasteiger partial charge in [0.15, 0.2) is 0 Å². The van der Waals surface area contributed by atoms with Crippen LogP contribution in [0.4, 0.5) is 11.4 Å². The van der Waals surface area contributed by atoms with Gasteiger partial charge in [-0.05, 0) is 48.5 Å². The summed E-state index contributed by atoms with van der Waals surface area (Å²) < 4.78 is 31.0. The highest BCUT2D eigenvalue weighted by Gasteiger charge is 2.14. The zero-order valence-corrected chi connectivity index (χ0v) is 16.4. The van der Waals surface area contributed by atoms with Gasteiger partial charge in [-0.15, -0.1) is 0 Å². The molecule has 0 bridgehead atoms. The van der Waals surface area contributed by atoms with E-state index in [4.69, 9.17) is 16.3 Å². The van der Waals surface area contributed by atoms with Crippen LogP contribution in [0, 0.1) is 0 Å². The molecular formula is C20H17ClN2O4S. The number of amides is 1. The Balaban J connectivity index is 1.73. The van der Waals surface area contributed by atoms with E-state index in [-0.39, 0.29) is 11.3 Å². The summed E-state index contributed by atoms with van der Waals surface area (Å²) in [6.07, 6.45) is 1.03. The number of rotatable bonds is 6. The molecule has 0 saturated carbocycles. The molecule has 8 heteroatoms. The molecule has 0 radical (unpaired) electrons. The molecular weight excluding hydrogens is 400 g/mol. The maximum atomic E-state index is 12.5. The van der Waals surface area contributed by atoms with Gasteiger partial charge in [0, 0.05) is 5.69 Å². The Morgan fingerprint density at radius 3 is 2.25 bits per heavy atom. The SMILES string of the molecule is CS(=O)(=O)Nc1ccccc1C(=O)Nc1ccc(Oc2ccccc2Cl)cc1. The van der Waals surface area contributed by atoms with E-state index in [1.54, 1.807) is 48.5 Å². The fraction of sp³-hybridized carbons (Fsp3) is 0.0500. The van der Waals surface area contributed by atoms with E-state index in [1.165, 1.54) is 12.1 Å². The van der Waals surface area contributed by atoms with Crippen LogP contribution < -0.4 is 14.8 Å². The van der Waals surface area contributed by atoms with Gasteiger partial charge in [0.05, 0.1) is 22.5 Å². The molecule has 0 atom stereocenters. The number of nitrogens with one attached hydrogen (secondary N) is 2. The molecule has 28 heavy (non-hydrogen) atoms. The first kappa shape index (κ1) is 19.7. The van der Waals surface area contributed by atoms with E-state index in [9.17, 15) is 13.2 Å². The van der Waals surface area contributed by atoms with E-state index < -0.39 is 15.9 Å². The minimum atomic E-state index is -3.50. The van der Waals surface area contributed by atoms with Crippen LogP contribution in [0.15, 0.2) is 72.8 Å². The number of halogens is 1. The highest BCUT2D eigenvalue weighted by atomic mass is 35.5. The molecule has 0 aliphatic rings. The summed E-state index contributed by atoms with van der Waals surface area (Å²) in [5, 5.41) is 3.23. The van der Waals surface area contributed by atoms with Gasteiger partial charge in [-0.25, -0.2) is 8.42 Å². The number of benzene rings is 3. The third-order valence-electron chi connectivity index (χ3n) is 3.64. The van der Waals surface area contributed by atoms with Gasteiger partial charge in [-0.2, -0.15) is 0 Å². The van der Waals surface area contributed by atoms with Crippen LogP contribution in [0.5, 0.6) is 11.5 Å². The first-order valence-corrected chi connectivity index (χ1v) is 10.5. The summed E-state index contributed by atoms with van der Waals surface area (Å²) in [4.78, 5) is 12.5. The van der Waals surface area contributed by atoms with Crippen LogP contribution in [-0.2, 0) is 10.0 Å². The Morgan fingerprint density at radius 1 is 0.929 bits per heavy atom. The van der Waals surface area contributed by atoms with E-state index in [1.807, 2.05) is 12.1 Å². The Hall–Kier alpha value is -3.03. The van der Waals surface area contributed by atoms with Gasteiger partial charge in [0.1, 0.15) is 11.5 Å². The monoisotopic (exact) mass is 416 g/mol. The van der Waals surface area contributed by atoms with Gasteiger partial charge >= 0.3 is 0 Å². The molecule has 2 N–H and O–H groups in total. The van der Waals surface area contributed by atoms with Gasteiger partial charge in [-0.1, -0.05) is 35.9 Å². The van der Waals surface area contributed by atoms with E-state index >= 15 is 0 Å². The van der Waals surface area contributed by atoms with Crippen LogP contribution in [0.1, 0.15) is 10.4 Å². The smallest absolute Gasteiger partial charge is 0.257 e. The standard InChI is InChI=1S/C20H17ClN2O4S/c1-28(25,26)23-18-8-4-2-6-16(18)20(24)22-14-10-12-15(13-11-14)27-19-9-5-3-7-17(19)21/h2-13,23H,1H3,(H,22,24). The normalized spacial score (nSPS) is 10.9. The fourth-order valence-corrected chi connectivity index (χ4v) is 3.18. The Labute approximate surface area is 168 Å². The van der Waals surface area contributed by atoms with Crippen LogP contribution in [-0.4, -0.2) is 20.6 Å². The lowest BCUT2D eigenvalue weighted by Crippen LogP contribution is -2.17. The molecule has 0 aliphatic heterocycles. The quantitative estimate of drug-likeness (QED) is 0.607. The molecule has 0 saturated heterocycles. The third-order valence-corrected chi connectivity index (χ3v) is 4.55. The topological polar surface area (TPSA) is 84.5 Å². The van der Waals surface area contributed by atoms with Crippen molar-refractivity contribution >= 4 is 38.9 Å². The molecule has 0 heterocycles. The Morgan fingerprint density at radius 2 is 1.57 bits per heavy atom. The number of carbonyl (C=O) groups excluding carboxylic acids is 1. The first-order chi connectivity index (χ1) is 13.3. The van der Waals surface area contributed by atoms with Crippen LogP contribution >= 0.6 is 11.6 Å². The second kappa shape index (κ2) is 8.33. The van der Waals surface area contributed by atoms with Crippen LogP contribution in [0.2, 0.25) is 5.02 Å². The van der Waals surface area contributed by atoms with Gasteiger partial charge in [0.25, 0.3) is 5.91 Å². The van der Waals surface area contributed by atoms with Crippen molar-refractivity contribution < 1.29 is 17.9 Å². The molecule has 0 aliphatic carbocycles. The summed E-state index contributed by atoms with van der Waals surface area (Å²) in [5.41, 5.74) is 0.955. The average molecular weight is 417 g/mol. The molecule has 1 amide bonds.